The van der Waals surface area contributed by atoms with Gasteiger partial charge in [0.1, 0.15) is 0 Å². The Morgan fingerprint density at radius 3 is 2.47 bits per heavy atom. The van der Waals surface area contributed by atoms with Crippen LogP contribution in [0.2, 0.25) is 0 Å². The third-order valence-corrected chi connectivity index (χ3v) is 4.10. The van der Waals surface area contributed by atoms with E-state index in [0.29, 0.717) is 18.0 Å². The summed E-state index contributed by atoms with van der Waals surface area (Å²) in [7, 11) is 0. The van der Waals surface area contributed by atoms with E-state index in [1.54, 1.807) is 0 Å². The van der Waals surface area contributed by atoms with Gasteiger partial charge in [-0.25, -0.2) is 0 Å². The van der Waals surface area contributed by atoms with E-state index in [0.717, 1.165) is 31.2 Å². The molecule has 1 amide bonds. The fourth-order valence-corrected chi connectivity index (χ4v) is 2.53. The van der Waals surface area contributed by atoms with Crippen molar-refractivity contribution in [3.63, 3.8) is 0 Å². The topological polar surface area (TPSA) is 49.3 Å². The maximum atomic E-state index is 12.0. The van der Waals surface area contributed by atoms with E-state index in [-0.39, 0.29) is 5.91 Å². The Hall–Kier alpha value is -1.35. The summed E-state index contributed by atoms with van der Waals surface area (Å²) < 4.78 is 0. The molecular formula is C16H23NO2. The van der Waals surface area contributed by atoms with Crippen LogP contribution in [0.15, 0.2) is 24.3 Å². The van der Waals surface area contributed by atoms with Crippen molar-refractivity contribution in [2.24, 2.45) is 5.92 Å². The van der Waals surface area contributed by atoms with Gasteiger partial charge < -0.3 is 10.4 Å². The van der Waals surface area contributed by atoms with Crippen LogP contribution in [-0.4, -0.2) is 23.2 Å². The van der Waals surface area contributed by atoms with Crippen molar-refractivity contribution in [1.82, 2.24) is 5.32 Å². The summed E-state index contributed by atoms with van der Waals surface area (Å²) >= 11 is 0. The molecule has 0 aliphatic heterocycles. The highest BCUT2D eigenvalue weighted by Gasteiger charge is 2.32. The van der Waals surface area contributed by atoms with Gasteiger partial charge in [-0.05, 0) is 50.7 Å². The van der Waals surface area contributed by atoms with E-state index in [4.69, 9.17) is 0 Å². The lowest BCUT2D eigenvalue weighted by atomic mass is 9.79. The van der Waals surface area contributed by atoms with Crippen LogP contribution in [0, 0.1) is 12.8 Å². The van der Waals surface area contributed by atoms with Gasteiger partial charge in [-0.1, -0.05) is 24.6 Å². The van der Waals surface area contributed by atoms with Gasteiger partial charge in [-0.15, -0.1) is 0 Å². The Kier molecular flexibility index (Phi) is 4.25. The number of nitrogens with one attached hydrogen (secondary N) is 1. The van der Waals surface area contributed by atoms with Gasteiger partial charge >= 0.3 is 0 Å². The number of amides is 1. The Balaban J connectivity index is 1.88. The second-order valence-corrected chi connectivity index (χ2v) is 5.96. The maximum Gasteiger partial charge on any atom is 0.251 e. The molecule has 1 aliphatic carbocycles. The van der Waals surface area contributed by atoms with Crippen LogP contribution in [0.3, 0.4) is 0 Å². The molecule has 0 atom stereocenters. The van der Waals surface area contributed by atoms with Gasteiger partial charge in [0.05, 0.1) is 5.60 Å². The Morgan fingerprint density at radius 2 is 1.89 bits per heavy atom. The standard InChI is InChI=1S/C16H23NO2/c1-12-3-5-14(6-4-12)15(18)17-11-16(19)9-7-13(2)8-10-16/h3-6,13,19H,7-11H2,1-2H3,(H,17,18). The number of aliphatic hydroxyl groups is 1. The fourth-order valence-electron chi connectivity index (χ4n) is 2.53. The highest BCUT2D eigenvalue weighted by Crippen LogP contribution is 2.31. The number of benzene rings is 1. The molecule has 0 bridgehead atoms. The predicted octanol–water partition coefficient (Wildman–Crippen LogP) is 2.67. The molecule has 1 aromatic rings. The summed E-state index contributed by atoms with van der Waals surface area (Å²) in [5.41, 5.74) is 1.07. The van der Waals surface area contributed by atoms with E-state index in [2.05, 4.69) is 12.2 Å². The first kappa shape index (κ1) is 14.1. The molecule has 3 heteroatoms. The molecule has 1 aromatic carbocycles. The summed E-state index contributed by atoms with van der Waals surface area (Å²) in [5.74, 6) is 0.583. The summed E-state index contributed by atoms with van der Waals surface area (Å²) in [5, 5.41) is 13.3. The van der Waals surface area contributed by atoms with E-state index >= 15 is 0 Å². The Bertz CT molecular complexity index is 431. The van der Waals surface area contributed by atoms with Crippen molar-refractivity contribution in [1.29, 1.82) is 0 Å². The summed E-state index contributed by atoms with van der Waals surface area (Å²) in [6.07, 6.45) is 3.64. The Morgan fingerprint density at radius 1 is 1.32 bits per heavy atom. The molecule has 1 fully saturated rings. The van der Waals surface area contributed by atoms with Gasteiger partial charge in [0.2, 0.25) is 0 Å². The van der Waals surface area contributed by atoms with Gasteiger partial charge in [0.15, 0.2) is 0 Å². The molecule has 0 spiro atoms. The number of hydrogen-bond acceptors (Lipinski definition) is 2. The largest absolute Gasteiger partial charge is 0.388 e. The summed E-state index contributed by atoms with van der Waals surface area (Å²) in [4.78, 5) is 12.0. The first-order chi connectivity index (χ1) is 8.98. The lowest BCUT2D eigenvalue weighted by Crippen LogP contribution is -2.45. The Labute approximate surface area is 115 Å². The number of carbonyl (C=O) groups is 1. The lowest BCUT2D eigenvalue weighted by molar-refractivity contribution is -0.00539. The minimum absolute atomic E-state index is 0.105. The zero-order chi connectivity index (χ0) is 13.9. The molecule has 104 valence electrons. The molecule has 0 aromatic heterocycles. The van der Waals surface area contributed by atoms with E-state index in [1.165, 1.54) is 0 Å². The van der Waals surface area contributed by atoms with E-state index < -0.39 is 5.60 Å². The SMILES string of the molecule is Cc1ccc(C(=O)NCC2(O)CCC(C)CC2)cc1. The van der Waals surface area contributed by atoms with Crippen molar-refractivity contribution in [3.05, 3.63) is 35.4 Å². The molecule has 1 aliphatic rings. The zero-order valence-corrected chi connectivity index (χ0v) is 11.8. The zero-order valence-electron chi connectivity index (χ0n) is 11.8. The number of hydrogen-bond donors (Lipinski definition) is 2. The predicted molar refractivity (Wildman–Crippen MR) is 76.1 cm³/mol. The average Bonchev–Trinajstić information content (AvgIpc) is 2.41. The van der Waals surface area contributed by atoms with Crippen LogP contribution in [-0.2, 0) is 0 Å². The fraction of sp³-hybridized carbons (Fsp3) is 0.562. The second kappa shape index (κ2) is 5.74. The molecule has 1 saturated carbocycles. The molecule has 3 nitrogen and oxygen atoms in total. The maximum absolute atomic E-state index is 12.0. The minimum atomic E-state index is -0.715. The molecule has 0 saturated heterocycles. The van der Waals surface area contributed by atoms with E-state index in [9.17, 15) is 9.90 Å². The van der Waals surface area contributed by atoms with Crippen LogP contribution in [0.4, 0.5) is 0 Å². The van der Waals surface area contributed by atoms with E-state index in [1.807, 2.05) is 31.2 Å². The van der Waals surface area contributed by atoms with Crippen LogP contribution < -0.4 is 5.32 Å². The van der Waals surface area contributed by atoms with Crippen LogP contribution in [0.25, 0.3) is 0 Å². The normalized spacial score (nSPS) is 27.0. The van der Waals surface area contributed by atoms with Crippen molar-refractivity contribution >= 4 is 5.91 Å². The highest BCUT2D eigenvalue weighted by atomic mass is 16.3. The van der Waals surface area contributed by atoms with Gasteiger partial charge in [-0.2, -0.15) is 0 Å². The molecule has 2 rings (SSSR count). The molecule has 2 N–H and O–H groups in total. The third kappa shape index (κ3) is 3.80. The number of carbonyl (C=O) groups excluding carboxylic acids is 1. The molecule has 19 heavy (non-hydrogen) atoms. The molecule has 0 heterocycles. The quantitative estimate of drug-likeness (QED) is 0.879. The van der Waals surface area contributed by atoms with Crippen molar-refractivity contribution < 1.29 is 9.90 Å². The van der Waals surface area contributed by atoms with Crippen molar-refractivity contribution in [2.45, 2.75) is 45.1 Å². The van der Waals surface area contributed by atoms with Gasteiger partial charge in [0.25, 0.3) is 5.91 Å². The lowest BCUT2D eigenvalue weighted by Gasteiger charge is -2.34. The number of rotatable bonds is 3. The summed E-state index contributed by atoms with van der Waals surface area (Å²) in [6.45, 7) is 4.56. The highest BCUT2D eigenvalue weighted by molar-refractivity contribution is 5.94. The molecule has 0 radical (unpaired) electrons. The van der Waals surface area contributed by atoms with Gasteiger partial charge in [-0.3, -0.25) is 4.79 Å². The molecular weight excluding hydrogens is 238 g/mol. The minimum Gasteiger partial charge on any atom is -0.388 e. The van der Waals surface area contributed by atoms with Crippen LogP contribution >= 0.6 is 0 Å². The average molecular weight is 261 g/mol. The monoisotopic (exact) mass is 261 g/mol. The smallest absolute Gasteiger partial charge is 0.251 e. The summed E-state index contributed by atoms with van der Waals surface area (Å²) in [6, 6.07) is 7.48. The van der Waals surface area contributed by atoms with Crippen molar-refractivity contribution in [3.8, 4) is 0 Å². The number of aryl methyl sites for hydroxylation is 1. The first-order valence-electron chi connectivity index (χ1n) is 7.06. The van der Waals surface area contributed by atoms with Crippen molar-refractivity contribution in [2.75, 3.05) is 6.54 Å². The second-order valence-electron chi connectivity index (χ2n) is 5.96. The molecule has 0 unspecified atom stereocenters. The first-order valence-corrected chi connectivity index (χ1v) is 7.06. The van der Waals surface area contributed by atoms with Crippen LogP contribution in [0.1, 0.15) is 48.5 Å². The van der Waals surface area contributed by atoms with Crippen LogP contribution in [0.5, 0.6) is 0 Å². The van der Waals surface area contributed by atoms with Gasteiger partial charge in [0, 0.05) is 12.1 Å². The third-order valence-electron chi connectivity index (χ3n) is 4.10.